The zero-order valence-electron chi connectivity index (χ0n) is 7.07. The third-order valence-electron chi connectivity index (χ3n) is 2.43. The smallest absolute Gasteiger partial charge is 0.0828 e. The summed E-state index contributed by atoms with van der Waals surface area (Å²) >= 11 is 0. The van der Waals surface area contributed by atoms with E-state index in [2.05, 4.69) is 18.0 Å². The number of allylic oxidation sites excluding steroid dienone is 3. The number of fused-ring (bicyclic) bond motifs is 1. The van der Waals surface area contributed by atoms with Crippen LogP contribution in [0.3, 0.4) is 0 Å². The topological polar surface area (TPSA) is 38.4 Å². The zero-order chi connectivity index (χ0) is 8.55. The van der Waals surface area contributed by atoms with Crippen molar-refractivity contribution in [3.63, 3.8) is 0 Å². The maximum absolute atomic E-state index is 5.80. The maximum Gasteiger partial charge on any atom is 0.0828 e. The molecule has 0 spiro atoms. The quantitative estimate of drug-likeness (QED) is 0.571. The lowest BCUT2D eigenvalue weighted by Gasteiger charge is -2.26. The molecule has 0 amide bonds. The van der Waals surface area contributed by atoms with Crippen LogP contribution in [0.4, 0.5) is 0 Å². The molecule has 2 atom stereocenters. The summed E-state index contributed by atoms with van der Waals surface area (Å²) in [4.78, 5) is 4.38. The lowest BCUT2D eigenvalue weighted by Crippen LogP contribution is -2.27. The van der Waals surface area contributed by atoms with Crippen molar-refractivity contribution in [1.82, 2.24) is 0 Å². The largest absolute Gasteiger partial charge is 0.402 e. The highest BCUT2D eigenvalue weighted by atomic mass is 14.8. The van der Waals surface area contributed by atoms with Gasteiger partial charge in [0.15, 0.2) is 0 Å². The molecule has 0 bridgehead atoms. The van der Waals surface area contributed by atoms with E-state index in [1.54, 1.807) is 0 Å². The Morgan fingerprint density at radius 1 is 1.42 bits per heavy atom. The first-order valence-electron chi connectivity index (χ1n) is 4.16. The Labute approximate surface area is 72.2 Å². The third kappa shape index (κ3) is 0.998. The van der Waals surface area contributed by atoms with E-state index in [-0.39, 0.29) is 6.04 Å². The van der Waals surface area contributed by atoms with Crippen molar-refractivity contribution in [3.05, 3.63) is 35.6 Å². The Morgan fingerprint density at radius 2 is 2.25 bits per heavy atom. The maximum atomic E-state index is 5.80. The van der Waals surface area contributed by atoms with Gasteiger partial charge in [-0.25, -0.2) is 0 Å². The molecule has 2 nitrogen and oxygen atoms in total. The number of hydrogen-bond acceptors (Lipinski definition) is 2. The molecule has 2 N–H and O–H groups in total. The monoisotopic (exact) mass is 160 g/mol. The van der Waals surface area contributed by atoms with Gasteiger partial charge in [-0.05, 0) is 17.7 Å². The van der Waals surface area contributed by atoms with E-state index in [4.69, 9.17) is 5.73 Å². The van der Waals surface area contributed by atoms with Gasteiger partial charge < -0.3 is 5.73 Å². The molecule has 2 rings (SSSR count). The van der Waals surface area contributed by atoms with Crippen LogP contribution in [0, 0.1) is 5.92 Å². The van der Waals surface area contributed by atoms with E-state index < -0.39 is 0 Å². The van der Waals surface area contributed by atoms with Gasteiger partial charge in [-0.2, -0.15) is 0 Å². The highest BCUT2D eigenvalue weighted by Crippen LogP contribution is 2.27. The molecule has 2 heteroatoms. The van der Waals surface area contributed by atoms with Gasteiger partial charge in [0.1, 0.15) is 0 Å². The minimum absolute atomic E-state index is 0.250. The van der Waals surface area contributed by atoms with Crippen molar-refractivity contribution in [2.45, 2.75) is 13.0 Å². The average Bonchev–Trinajstić information content (AvgIpc) is 2.12. The molecule has 0 radical (unpaired) electrons. The molecule has 0 aromatic carbocycles. The van der Waals surface area contributed by atoms with Crippen LogP contribution in [0.2, 0.25) is 0 Å². The predicted octanol–water partition coefficient (Wildman–Crippen LogP) is 1.41. The van der Waals surface area contributed by atoms with E-state index in [9.17, 15) is 0 Å². The second-order valence-electron chi connectivity index (χ2n) is 3.22. The first kappa shape index (κ1) is 7.35. The fourth-order valence-electron chi connectivity index (χ4n) is 1.58. The van der Waals surface area contributed by atoms with Crippen molar-refractivity contribution < 1.29 is 0 Å². The fraction of sp³-hybridized carbons (Fsp3) is 0.300. The number of rotatable bonds is 0. The van der Waals surface area contributed by atoms with Gasteiger partial charge in [0.2, 0.25) is 0 Å². The molecule has 1 aliphatic heterocycles. The molecule has 0 aromatic heterocycles. The predicted molar refractivity (Wildman–Crippen MR) is 50.9 cm³/mol. The summed E-state index contributed by atoms with van der Waals surface area (Å²) in [6.45, 7) is 2.11. The minimum Gasteiger partial charge on any atom is -0.402 e. The summed E-state index contributed by atoms with van der Waals surface area (Å²) in [5.41, 5.74) is 7.99. The molecule has 62 valence electrons. The molecular weight excluding hydrogens is 148 g/mol. The molecule has 0 saturated heterocycles. The Hall–Kier alpha value is -1.31. The van der Waals surface area contributed by atoms with Crippen LogP contribution >= 0.6 is 0 Å². The molecule has 0 fully saturated rings. The number of hydrogen-bond donors (Lipinski definition) is 1. The molecule has 1 heterocycles. The van der Waals surface area contributed by atoms with Gasteiger partial charge in [0.05, 0.1) is 6.04 Å². The molecular formula is C10H12N2. The third-order valence-corrected chi connectivity index (χ3v) is 2.43. The second kappa shape index (κ2) is 2.63. The number of dihydropyridines is 1. The second-order valence-corrected chi connectivity index (χ2v) is 3.22. The minimum atomic E-state index is 0.250. The van der Waals surface area contributed by atoms with Crippen LogP contribution in [0.15, 0.2) is 40.6 Å². The van der Waals surface area contributed by atoms with Crippen LogP contribution in [-0.2, 0) is 0 Å². The summed E-state index contributed by atoms with van der Waals surface area (Å²) in [7, 11) is 0. The molecule has 2 aliphatic rings. The number of nitrogens with two attached hydrogens (primary N) is 1. The molecule has 0 aromatic rings. The van der Waals surface area contributed by atoms with Crippen molar-refractivity contribution in [3.8, 4) is 0 Å². The Bertz CT molecular complexity index is 308. The standard InChI is InChI=1S/C10H12N2/c1-7-9(11)5-4-8-3-2-6-12-10(7)8/h2-7,10H,11H2,1H3. The Balaban J connectivity index is 2.39. The summed E-state index contributed by atoms with van der Waals surface area (Å²) in [5.74, 6) is 0.339. The summed E-state index contributed by atoms with van der Waals surface area (Å²) in [6.07, 6.45) is 9.92. The molecule has 0 saturated carbocycles. The average molecular weight is 160 g/mol. The normalized spacial score (nSPS) is 32.4. The zero-order valence-corrected chi connectivity index (χ0v) is 7.07. The summed E-state index contributed by atoms with van der Waals surface area (Å²) in [5, 5.41) is 0. The Kier molecular flexibility index (Phi) is 1.61. The fourth-order valence-corrected chi connectivity index (χ4v) is 1.58. The molecule has 1 aliphatic carbocycles. The number of aliphatic imine (C=N–C) groups is 1. The lowest BCUT2D eigenvalue weighted by atomic mass is 9.87. The summed E-state index contributed by atoms with van der Waals surface area (Å²) < 4.78 is 0. The van der Waals surface area contributed by atoms with Gasteiger partial charge in [-0.3, -0.25) is 4.99 Å². The highest BCUT2D eigenvalue weighted by molar-refractivity contribution is 5.75. The van der Waals surface area contributed by atoms with Crippen LogP contribution in [0.25, 0.3) is 0 Å². The van der Waals surface area contributed by atoms with E-state index in [0.717, 1.165) is 5.70 Å². The van der Waals surface area contributed by atoms with Gasteiger partial charge >= 0.3 is 0 Å². The van der Waals surface area contributed by atoms with E-state index in [0.29, 0.717) is 5.92 Å². The van der Waals surface area contributed by atoms with E-state index >= 15 is 0 Å². The SMILES string of the molecule is CC1C(N)=CC=C2C=CC=NC21. The van der Waals surface area contributed by atoms with Crippen molar-refractivity contribution in [1.29, 1.82) is 0 Å². The van der Waals surface area contributed by atoms with Crippen molar-refractivity contribution >= 4 is 6.21 Å². The summed E-state index contributed by atoms with van der Waals surface area (Å²) in [6, 6.07) is 0.250. The van der Waals surface area contributed by atoms with Crippen LogP contribution < -0.4 is 5.73 Å². The van der Waals surface area contributed by atoms with E-state index in [1.165, 1.54) is 5.57 Å². The van der Waals surface area contributed by atoms with Crippen LogP contribution in [0.5, 0.6) is 0 Å². The first-order valence-corrected chi connectivity index (χ1v) is 4.16. The van der Waals surface area contributed by atoms with Crippen LogP contribution in [0.1, 0.15) is 6.92 Å². The van der Waals surface area contributed by atoms with Gasteiger partial charge in [-0.1, -0.05) is 19.1 Å². The van der Waals surface area contributed by atoms with Gasteiger partial charge in [0.25, 0.3) is 0 Å². The Morgan fingerprint density at radius 3 is 3.08 bits per heavy atom. The van der Waals surface area contributed by atoms with E-state index in [1.807, 2.05) is 24.4 Å². The van der Waals surface area contributed by atoms with Gasteiger partial charge in [0, 0.05) is 17.8 Å². The highest BCUT2D eigenvalue weighted by Gasteiger charge is 2.24. The first-order chi connectivity index (χ1) is 5.79. The molecule has 2 unspecified atom stereocenters. The molecule has 12 heavy (non-hydrogen) atoms. The number of nitrogens with zero attached hydrogens (tertiary/aromatic N) is 1. The van der Waals surface area contributed by atoms with Gasteiger partial charge in [-0.15, -0.1) is 0 Å². The van der Waals surface area contributed by atoms with Crippen molar-refractivity contribution in [2.75, 3.05) is 0 Å². The van der Waals surface area contributed by atoms with Crippen LogP contribution in [-0.4, -0.2) is 12.3 Å². The van der Waals surface area contributed by atoms with Crippen molar-refractivity contribution in [2.24, 2.45) is 16.6 Å². The lowest BCUT2D eigenvalue weighted by molar-refractivity contribution is 0.570.